The topological polar surface area (TPSA) is 9.86 Å². The molecular formula is C44H28N2. The second kappa shape index (κ2) is 9.69. The molecule has 214 valence electrons. The van der Waals surface area contributed by atoms with Crippen LogP contribution in [-0.4, -0.2) is 9.13 Å². The first-order valence-electron chi connectivity index (χ1n) is 23.0. The van der Waals surface area contributed by atoms with Crippen LogP contribution in [0.3, 0.4) is 0 Å². The van der Waals surface area contributed by atoms with Crippen LogP contribution in [0.4, 0.5) is 0 Å². The minimum Gasteiger partial charge on any atom is -0.309 e. The van der Waals surface area contributed by atoms with Crippen molar-refractivity contribution in [2.45, 2.75) is 0 Å². The summed E-state index contributed by atoms with van der Waals surface area (Å²) >= 11 is 0. The molecule has 0 saturated heterocycles. The van der Waals surface area contributed by atoms with E-state index < -0.39 is 119 Å². The minimum absolute atomic E-state index is 0.0766. The van der Waals surface area contributed by atoms with Crippen LogP contribution in [0.5, 0.6) is 0 Å². The molecule has 0 aliphatic carbocycles. The number of rotatable bonds is 3. The zero-order valence-corrected chi connectivity index (χ0v) is 23.7. The van der Waals surface area contributed by atoms with Gasteiger partial charge < -0.3 is 9.13 Å². The van der Waals surface area contributed by atoms with Crippen molar-refractivity contribution < 1.29 is 23.3 Å². The van der Waals surface area contributed by atoms with Gasteiger partial charge in [0, 0.05) is 32.9 Å². The van der Waals surface area contributed by atoms with Gasteiger partial charge >= 0.3 is 0 Å². The highest BCUT2D eigenvalue weighted by Crippen LogP contribution is 2.42. The van der Waals surface area contributed by atoms with Crippen LogP contribution in [0.15, 0.2) is 169 Å². The fourth-order valence-corrected chi connectivity index (χ4v) is 6.37. The number of nitrogens with zero attached hydrogens (tertiary/aromatic N) is 2. The summed E-state index contributed by atoms with van der Waals surface area (Å²) in [6.45, 7) is 0. The molecule has 0 unspecified atom stereocenters. The third-order valence-electron chi connectivity index (χ3n) is 8.42. The van der Waals surface area contributed by atoms with Crippen LogP contribution in [0.25, 0.3) is 87.7 Å². The van der Waals surface area contributed by atoms with E-state index in [4.69, 9.17) is 12.3 Å². The molecule has 8 aromatic carbocycles. The van der Waals surface area contributed by atoms with Gasteiger partial charge in [0.05, 0.1) is 45.4 Å². The molecule has 0 atom stereocenters. The molecule has 0 aliphatic rings. The van der Waals surface area contributed by atoms with E-state index in [2.05, 4.69) is 0 Å². The Bertz CT molecular complexity index is 3760. The quantitative estimate of drug-likeness (QED) is 0.191. The zero-order valence-electron chi connectivity index (χ0n) is 40.7. The van der Waals surface area contributed by atoms with Crippen LogP contribution < -0.4 is 0 Å². The summed E-state index contributed by atoms with van der Waals surface area (Å²) in [5.41, 5.74) is 0.558. The van der Waals surface area contributed by atoms with Gasteiger partial charge in [-0.1, -0.05) is 115 Å². The smallest absolute Gasteiger partial charge is 0.0651 e. The van der Waals surface area contributed by atoms with Crippen molar-refractivity contribution in [2.75, 3.05) is 0 Å². The third-order valence-corrected chi connectivity index (χ3v) is 8.42. The molecule has 0 radical (unpaired) electrons. The first kappa shape index (κ1) is 13.9. The standard InChI is InChI=1S/C44H28N2/c1-3-11-32-27-34(18-17-29(32)9-1)31-19-22-35(23-20-31)45-39-15-7-5-13-37(39)43-41(45)25-26-42-44(43)38-14-6-8-16-40(38)46(42)36-24-21-30-10-2-4-12-33(30)28-36/h1-28H/i2D,4D,5D,6D,7D,8D,10D,12D,13D,14D,15D,16D,21D,24D,25D,26D,28D. The Morgan fingerprint density at radius 3 is 1.70 bits per heavy atom. The summed E-state index contributed by atoms with van der Waals surface area (Å²) in [5, 5.41) is 0.547. The molecular weight excluding hydrogens is 556 g/mol. The van der Waals surface area contributed by atoms with Gasteiger partial charge in [-0.05, 0) is 87.1 Å². The summed E-state index contributed by atoms with van der Waals surface area (Å²) in [7, 11) is 0. The molecule has 2 heteroatoms. The van der Waals surface area contributed by atoms with Crippen LogP contribution >= 0.6 is 0 Å². The SMILES string of the molecule is [2H]c1c([2H])c([2H])c2c([2H])c(-n3c4c([2H])c([2H])c([2H])c([2H])c4c4c5c6c([2H])c([2H])c([2H])c([2H])c6n(-c6ccc(-c7ccc8ccccc8c7)cc6)c5c([2H])c([2H])c43)c([2H])c([2H])c2c1[2H]. The van der Waals surface area contributed by atoms with E-state index in [0.717, 1.165) is 26.5 Å². The Morgan fingerprint density at radius 2 is 0.978 bits per heavy atom. The van der Waals surface area contributed by atoms with E-state index in [0.29, 0.717) is 5.69 Å². The molecule has 0 amide bonds. The summed E-state index contributed by atoms with van der Waals surface area (Å²) in [5.74, 6) is 0. The molecule has 0 fully saturated rings. The van der Waals surface area contributed by atoms with Crippen LogP contribution in [0.2, 0.25) is 0 Å². The highest BCUT2D eigenvalue weighted by molar-refractivity contribution is 6.29. The maximum atomic E-state index is 9.68. The molecule has 0 spiro atoms. The van der Waals surface area contributed by atoms with Crippen LogP contribution in [0.1, 0.15) is 23.3 Å². The van der Waals surface area contributed by atoms with Gasteiger partial charge in [-0.3, -0.25) is 0 Å². The van der Waals surface area contributed by atoms with Gasteiger partial charge in [0.2, 0.25) is 0 Å². The lowest BCUT2D eigenvalue weighted by Crippen LogP contribution is -1.95. The normalized spacial score (nSPS) is 17.1. The fourth-order valence-electron chi connectivity index (χ4n) is 6.37. The van der Waals surface area contributed by atoms with Crippen molar-refractivity contribution in [1.82, 2.24) is 9.13 Å². The van der Waals surface area contributed by atoms with E-state index >= 15 is 0 Å². The molecule has 0 saturated carbocycles. The van der Waals surface area contributed by atoms with Gasteiger partial charge in [0.1, 0.15) is 0 Å². The average Bonchev–Trinajstić information content (AvgIpc) is 3.82. The third kappa shape index (κ3) is 3.65. The maximum Gasteiger partial charge on any atom is 0.0651 e. The minimum atomic E-state index is -0.773. The molecule has 2 nitrogen and oxygen atoms in total. The van der Waals surface area contributed by atoms with Gasteiger partial charge in [-0.2, -0.15) is 0 Å². The molecule has 2 heterocycles. The lowest BCUT2D eigenvalue weighted by molar-refractivity contribution is 1.17. The van der Waals surface area contributed by atoms with Gasteiger partial charge in [0.25, 0.3) is 0 Å². The van der Waals surface area contributed by atoms with Crippen molar-refractivity contribution in [3.05, 3.63) is 169 Å². The van der Waals surface area contributed by atoms with Crippen molar-refractivity contribution in [2.24, 2.45) is 0 Å². The van der Waals surface area contributed by atoms with Crippen molar-refractivity contribution in [3.63, 3.8) is 0 Å². The lowest BCUT2D eigenvalue weighted by Gasteiger charge is -2.11. The van der Waals surface area contributed by atoms with E-state index in [1.165, 1.54) is 4.57 Å². The van der Waals surface area contributed by atoms with Crippen LogP contribution in [-0.2, 0) is 0 Å². The lowest BCUT2D eigenvalue weighted by atomic mass is 10.0. The van der Waals surface area contributed by atoms with Gasteiger partial charge in [0.15, 0.2) is 0 Å². The summed E-state index contributed by atoms with van der Waals surface area (Å²) in [4.78, 5) is 0. The number of fused-ring (bicyclic) bond motifs is 9. The first-order valence-corrected chi connectivity index (χ1v) is 14.5. The fraction of sp³-hybridized carbons (Fsp3) is 0. The molecule has 0 aliphatic heterocycles. The highest BCUT2D eigenvalue weighted by atomic mass is 15.0. The Morgan fingerprint density at radius 1 is 0.391 bits per heavy atom. The Labute approximate surface area is 289 Å². The predicted octanol–water partition coefficient (Wildman–Crippen LogP) is 11.9. The molecule has 2 aromatic heterocycles. The van der Waals surface area contributed by atoms with Crippen molar-refractivity contribution in [3.8, 4) is 22.5 Å². The monoisotopic (exact) mass is 601 g/mol. The number of benzene rings is 8. The molecule has 0 N–H and O–H groups in total. The zero-order chi connectivity index (χ0) is 45.0. The molecule has 10 rings (SSSR count). The van der Waals surface area contributed by atoms with E-state index in [1.54, 1.807) is 12.1 Å². The first-order chi connectivity index (χ1) is 29.9. The number of hydrogen-bond donors (Lipinski definition) is 0. The Balaban J connectivity index is 1.42. The van der Waals surface area contributed by atoms with E-state index in [1.807, 2.05) is 54.6 Å². The van der Waals surface area contributed by atoms with Crippen molar-refractivity contribution in [1.29, 1.82) is 0 Å². The van der Waals surface area contributed by atoms with Gasteiger partial charge in [-0.15, -0.1) is 0 Å². The number of aromatic nitrogens is 2. The van der Waals surface area contributed by atoms with E-state index in [9.17, 15) is 11.0 Å². The largest absolute Gasteiger partial charge is 0.309 e. The predicted molar refractivity (Wildman–Crippen MR) is 196 cm³/mol. The van der Waals surface area contributed by atoms with Gasteiger partial charge in [-0.25, -0.2) is 0 Å². The Kier molecular flexibility index (Phi) is 2.93. The maximum absolute atomic E-state index is 9.68. The molecule has 46 heavy (non-hydrogen) atoms. The number of hydrogen-bond acceptors (Lipinski definition) is 0. The molecule has 0 bridgehead atoms. The second-order valence-electron chi connectivity index (χ2n) is 10.9. The van der Waals surface area contributed by atoms with Crippen molar-refractivity contribution >= 4 is 65.2 Å². The van der Waals surface area contributed by atoms with Crippen LogP contribution in [0, 0.1) is 0 Å². The van der Waals surface area contributed by atoms with E-state index in [-0.39, 0.29) is 43.6 Å². The summed E-state index contributed by atoms with van der Waals surface area (Å²) < 4.78 is 155. The summed E-state index contributed by atoms with van der Waals surface area (Å²) in [6.07, 6.45) is 0. The average molecular weight is 602 g/mol. The summed E-state index contributed by atoms with van der Waals surface area (Å²) in [6, 6.07) is 9.69. The Hall–Kier alpha value is -6.12. The molecule has 10 aromatic rings. The second-order valence-corrected chi connectivity index (χ2v) is 10.9. The number of para-hydroxylation sites is 2. The highest BCUT2D eigenvalue weighted by Gasteiger charge is 2.20.